The molecule has 6 heteroatoms. The molecule has 0 aliphatic carbocycles. The van der Waals surface area contributed by atoms with Crippen LogP contribution in [0.4, 0.5) is 10.1 Å². The summed E-state index contributed by atoms with van der Waals surface area (Å²) in [6.45, 7) is 0. The average molecular weight is 301 g/mol. The van der Waals surface area contributed by atoms with Crippen LogP contribution in [0.5, 0.6) is 0 Å². The van der Waals surface area contributed by atoms with E-state index < -0.39 is 0 Å². The number of aromatic amines is 1. The summed E-state index contributed by atoms with van der Waals surface area (Å²) >= 11 is 1.29. The van der Waals surface area contributed by atoms with Gasteiger partial charge in [0.25, 0.3) is 5.56 Å². The van der Waals surface area contributed by atoms with Crippen molar-refractivity contribution in [1.82, 2.24) is 9.97 Å². The molecule has 0 radical (unpaired) electrons. The van der Waals surface area contributed by atoms with Crippen LogP contribution < -0.4 is 11.3 Å². The third kappa shape index (κ3) is 2.90. The van der Waals surface area contributed by atoms with Crippen LogP contribution in [0.3, 0.4) is 0 Å². The Morgan fingerprint density at radius 2 is 2.05 bits per heavy atom. The third-order valence-electron chi connectivity index (χ3n) is 3.01. The SMILES string of the molecule is Nc1ccc(F)cc1SCc1nc2ccccc2[nH]c1=O. The van der Waals surface area contributed by atoms with Gasteiger partial charge in [-0.25, -0.2) is 9.37 Å². The summed E-state index contributed by atoms with van der Waals surface area (Å²) in [5, 5.41) is 0. The minimum absolute atomic E-state index is 0.240. The van der Waals surface area contributed by atoms with Crippen molar-refractivity contribution >= 4 is 28.5 Å². The second-order valence-electron chi connectivity index (χ2n) is 4.50. The molecule has 2 aromatic carbocycles. The topological polar surface area (TPSA) is 71.8 Å². The number of hydrogen-bond donors (Lipinski definition) is 2. The van der Waals surface area contributed by atoms with Gasteiger partial charge in [0.1, 0.15) is 11.5 Å². The first kappa shape index (κ1) is 13.6. The molecule has 3 rings (SSSR count). The van der Waals surface area contributed by atoms with E-state index in [4.69, 9.17) is 5.73 Å². The Kier molecular flexibility index (Phi) is 3.62. The maximum atomic E-state index is 13.2. The average Bonchev–Trinajstić information content (AvgIpc) is 2.48. The number of thioether (sulfide) groups is 1. The summed E-state index contributed by atoms with van der Waals surface area (Å²) in [7, 11) is 0. The largest absolute Gasteiger partial charge is 0.398 e. The first-order chi connectivity index (χ1) is 10.1. The number of aromatic nitrogens is 2. The molecule has 1 aromatic heterocycles. The molecule has 0 spiro atoms. The fourth-order valence-corrected chi connectivity index (χ4v) is 2.86. The Morgan fingerprint density at radius 1 is 1.24 bits per heavy atom. The number of fused-ring (bicyclic) bond motifs is 1. The minimum atomic E-state index is -0.355. The molecule has 0 saturated carbocycles. The fraction of sp³-hybridized carbons (Fsp3) is 0.0667. The first-order valence-electron chi connectivity index (χ1n) is 6.29. The van der Waals surface area contributed by atoms with Gasteiger partial charge >= 0.3 is 0 Å². The summed E-state index contributed by atoms with van der Waals surface area (Å²) in [6.07, 6.45) is 0. The van der Waals surface area contributed by atoms with E-state index >= 15 is 0 Å². The highest BCUT2D eigenvalue weighted by atomic mass is 32.2. The maximum absolute atomic E-state index is 13.2. The van der Waals surface area contributed by atoms with Gasteiger partial charge in [0.05, 0.1) is 11.0 Å². The molecule has 0 fully saturated rings. The second kappa shape index (κ2) is 5.57. The van der Waals surface area contributed by atoms with Crippen LogP contribution >= 0.6 is 11.8 Å². The van der Waals surface area contributed by atoms with Crippen molar-refractivity contribution in [3.05, 3.63) is 64.3 Å². The number of benzene rings is 2. The smallest absolute Gasteiger partial charge is 0.271 e. The van der Waals surface area contributed by atoms with Crippen molar-refractivity contribution in [2.75, 3.05) is 5.73 Å². The normalized spacial score (nSPS) is 10.9. The minimum Gasteiger partial charge on any atom is -0.398 e. The highest BCUT2D eigenvalue weighted by Crippen LogP contribution is 2.27. The summed E-state index contributed by atoms with van der Waals surface area (Å²) in [4.78, 5) is 19.7. The predicted molar refractivity (Wildman–Crippen MR) is 82.7 cm³/mol. The lowest BCUT2D eigenvalue weighted by Crippen LogP contribution is -2.14. The molecule has 21 heavy (non-hydrogen) atoms. The van der Waals surface area contributed by atoms with Crippen LogP contribution in [-0.2, 0) is 5.75 Å². The van der Waals surface area contributed by atoms with E-state index in [1.54, 1.807) is 6.07 Å². The van der Waals surface area contributed by atoms with Gasteiger partial charge < -0.3 is 10.7 Å². The standard InChI is InChI=1S/C15H12FN3OS/c16-9-5-6-10(17)14(7-9)21-8-13-15(20)19-12-4-2-1-3-11(12)18-13/h1-7H,8,17H2,(H,19,20). The Labute approximate surface area is 124 Å². The fourth-order valence-electron chi connectivity index (χ4n) is 1.94. The van der Waals surface area contributed by atoms with Gasteiger partial charge in [-0.1, -0.05) is 12.1 Å². The summed E-state index contributed by atoms with van der Waals surface area (Å²) in [6, 6.07) is 11.5. The van der Waals surface area contributed by atoms with Gasteiger partial charge in [0.2, 0.25) is 0 Å². The van der Waals surface area contributed by atoms with E-state index in [1.165, 1.54) is 30.0 Å². The van der Waals surface area contributed by atoms with E-state index in [9.17, 15) is 9.18 Å². The van der Waals surface area contributed by atoms with E-state index in [0.717, 1.165) is 5.52 Å². The zero-order valence-corrected chi connectivity index (χ0v) is 11.8. The lowest BCUT2D eigenvalue weighted by Gasteiger charge is -2.05. The number of halogens is 1. The molecule has 0 aliphatic heterocycles. The van der Waals surface area contributed by atoms with Crippen molar-refractivity contribution in [2.24, 2.45) is 0 Å². The highest BCUT2D eigenvalue weighted by molar-refractivity contribution is 7.98. The number of para-hydroxylation sites is 2. The number of nitrogens with zero attached hydrogens (tertiary/aromatic N) is 1. The molecule has 0 saturated heterocycles. The number of nitrogens with one attached hydrogen (secondary N) is 1. The van der Waals surface area contributed by atoms with Gasteiger partial charge in [0.15, 0.2) is 0 Å². The number of nitrogens with two attached hydrogens (primary N) is 1. The van der Waals surface area contributed by atoms with Gasteiger partial charge in [-0.3, -0.25) is 4.79 Å². The van der Waals surface area contributed by atoms with E-state index in [0.29, 0.717) is 27.5 Å². The van der Waals surface area contributed by atoms with E-state index in [1.807, 2.05) is 18.2 Å². The molecule has 0 unspecified atom stereocenters. The van der Waals surface area contributed by atoms with Crippen molar-refractivity contribution in [1.29, 1.82) is 0 Å². The molecule has 0 aliphatic rings. The van der Waals surface area contributed by atoms with Crippen molar-refractivity contribution in [3.8, 4) is 0 Å². The lowest BCUT2D eigenvalue weighted by atomic mass is 10.3. The van der Waals surface area contributed by atoms with Crippen LogP contribution in [0.2, 0.25) is 0 Å². The van der Waals surface area contributed by atoms with E-state index in [2.05, 4.69) is 9.97 Å². The van der Waals surface area contributed by atoms with Gasteiger partial charge in [0, 0.05) is 16.3 Å². The van der Waals surface area contributed by atoms with Crippen LogP contribution in [0, 0.1) is 5.82 Å². The molecule has 0 amide bonds. The summed E-state index contributed by atoms with van der Waals surface area (Å²) < 4.78 is 13.2. The second-order valence-corrected chi connectivity index (χ2v) is 5.52. The molecule has 3 N–H and O–H groups in total. The first-order valence-corrected chi connectivity index (χ1v) is 7.28. The molecule has 106 valence electrons. The third-order valence-corrected chi connectivity index (χ3v) is 4.09. The predicted octanol–water partition coefficient (Wildman–Crippen LogP) is 2.94. The van der Waals surface area contributed by atoms with Crippen LogP contribution in [0.15, 0.2) is 52.2 Å². The van der Waals surface area contributed by atoms with Crippen LogP contribution in [-0.4, -0.2) is 9.97 Å². The Balaban J connectivity index is 1.90. The van der Waals surface area contributed by atoms with Crippen LogP contribution in [0.25, 0.3) is 11.0 Å². The Hall–Kier alpha value is -2.34. The molecule has 4 nitrogen and oxygen atoms in total. The Bertz CT molecular complexity index is 863. The summed E-state index contributed by atoms with van der Waals surface area (Å²) in [5.41, 5.74) is 7.84. The van der Waals surface area contributed by atoms with Crippen molar-refractivity contribution in [2.45, 2.75) is 10.6 Å². The molecular weight excluding hydrogens is 289 g/mol. The van der Waals surface area contributed by atoms with E-state index in [-0.39, 0.29) is 11.4 Å². The van der Waals surface area contributed by atoms with Gasteiger partial charge in [-0.2, -0.15) is 0 Å². The number of hydrogen-bond acceptors (Lipinski definition) is 4. The number of H-pyrrole nitrogens is 1. The van der Waals surface area contributed by atoms with Crippen LogP contribution in [0.1, 0.15) is 5.69 Å². The van der Waals surface area contributed by atoms with Gasteiger partial charge in [-0.15, -0.1) is 11.8 Å². The monoisotopic (exact) mass is 301 g/mol. The molecular formula is C15H12FN3OS. The number of nitrogen functional groups attached to an aromatic ring is 1. The number of anilines is 1. The molecule has 0 bridgehead atoms. The quantitative estimate of drug-likeness (QED) is 0.576. The molecule has 1 heterocycles. The lowest BCUT2D eigenvalue weighted by molar-refractivity contribution is 0.624. The number of rotatable bonds is 3. The zero-order valence-electron chi connectivity index (χ0n) is 11.0. The summed E-state index contributed by atoms with van der Waals surface area (Å²) in [5.74, 6) is -0.0274. The molecule has 0 atom stereocenters. The Morgan fingerprint density at radius 3 is 2.90 bits per heavy atom. The molecule has 3 aromatic rings. The van der Waals surface area contributed by atoms with Crippen molar-refractivity contribution in [3.63, 3.8) is 0 Å². The zero-order chi connectivity index (χ0) is 14.8. The van der Waals surface area contributed by atoms with Crippen molar-refractivity contribution < 1.29 is 4.39 Å². The maximum Gasteiger partial charge on any atom is 0.271 e. The highest BCUT2D eigenvalue weighted by Gasteiger charge is 2.08. The van der Waals surface area contributed by atoms with Gasteiger partial charge in [-0.05, 0) is 30.3 Å².